The van der Waals surface area contributed by atoms with Gasteiger partial charge in [-0.05, 0) is 24.7 Å². The van der Waals surface area contributed by atoms with E-state index in [1.807, 2.05) is 0 Å². The van der Waals surface area contributed by atoms with E-state index < -0.39 is 11.6 Å². The largest absolute Gasteiger partial charge is 0.349 e. The second-order valence-corrected chi connectivity index (χ2v) is 3.78. The molecular formula is C12H13F2N3. The minimum Gasteiger partial charge on any atom is -0.349 e. The highest BCUT2D eigenvalue weighted by atomic mass is 19.1. The van der Waals surface area contributed by atoms with Crippen LogP contribution in [0.1, 0.15) is 17.4 Å². The molecule has 0 saturated carbocycles. The molecule has 5 heteroatoms. The van der Waals surface area contributed by atoms with Crippen molar-refractivity contribution in [1.29, 1.82) is 0 Å². The predicted octanol–water partition coefficient (Wildman–Crippen LogP) is 2.19. The minimum absolute atomic E-state index is 0.175. The van der Waals surface area contributed by atoms with Crippen molar-refractivity contribution >= 4 is 0 Å². The van der Waals surface area contributed by atoms with Crippen molar-refractivity contribution in [3.63, 3.8) is 0 Å². The van der Waals surface area contributed by atoms with Crippen LogP contribution in [0.2, 0.25) is 0 Å². The number of aromatic amines is 1. The number of likely N-dealkylation sites (N-methyl/N-ethyl adjacent to an activating group) is 1. The van der Waals surface area contributed by atoms with Crippen LogP contribution < -0.4 is 5.32 Å². The van der Waals surface area contributed by atoms with Crippen LogP contribution in [0.25, 0.3) is 0 Å². The van der Waals surface area contributed by atoms with Crippen LogP contribution in [0.3, 0.4) is 0 Å². The third-order valence-corrected chi connectivity index (χ3v) is 2.59. The van der Waals surface area contributed by atoms with Crippen molar-refractivity contribution in [2.24, 2.45) is 0 Å². The maximum Gasteiger partial charge on any atom is 0.126 e. The lowest BCUT2D eigenvalue weighted by Crippen LogP contribution is -2.19. The van der Waals surface area contributed by atoms with Crippen molar-refractivity contribution in [2.75, 3.05) is 7.05 Å². The quantitative estimate of drug-likeness (QED) is 0.855. The van der Waals surface area contributed by atoms with Crippen LogP contribution in [0.4, 0.5) is 8.78 Å². The molecule has 0 fully saturated rings. The third-order valence-electron chi connectivity index (χ3n) is 2.59. The van der Waals surface area contributed by atoms with Gasteiger partial charge in [0.25, 0.3) is 0 Å². The number of hydrogen-bond donors (Lipinski definition) is 2. The average molecular weight is 237 g/mol. The molecule has 0 amide bonds. The van der Waals surface area contributed by atoms with Crippen molar-refractivity contribution < 1.29 is 8.78 Å². The van der Waals surface area contributed by atoms with Crippen LogP contribution >= 0.6 is 0 Å². The normalized spacial score (nSPS) is 12.6. The molecule has 2 rings (SSSR count). The molecule has 1 heterocycles. The van der Waals surface area contributed by atoms with Crippen LogP contribution in [0.5, 0.6) is 0 Å². The molecule has 3 nitrogen and oxygen atoms in total. The number of nitrogens with one attached hydrogen (secondary N) is 2. The summed E-state index contributed by atoms with van der Waals surface area (Å²) in [6, 6.07) is 3.34. The summed E-state index contributed by atoms with van der Waals surface area (Å²) in [6.45, 7) is 0. The van der Waals surface area contributed by atoms with Gasteiger partial charge in [0, 0.05) is 30.9 Å². The van der Waals surface area contributed by atoms with E-state index in [0.717, 1.165) is 11.9 Å². The molecule has 1 atom stereocenters. The van der Waals surface area contributed by atoms with Gasteiger partial charge in [0.2, 0.25) is 0 Å². The van der Waals surface area contributed by atoms with Gasteiger partial charge in [-0.3, -0.25) is 0 Å². The van der Waals surface area contributed by atoms with Gasteiger partial charge in [0.05, 0.1) is 0 Å². The number of hydrogen-bond acceptors (Lipinski definition) is 2. The average Bonchev–Trinajstić information content (AvgIpc) is 2.77. The number of imidazole rings is 1. The predicted molar refractivity (Wildman–Crippen MR) is 60.5 cm³/mol. The Morgan fingerprint density at radius 1 is 1.29 bits per heavy atom. The summed E-state index contributed by atoms with van der Waals surface area (Å²) in [4.78, 5) is 7.05. The van der Waals surface area contributed by atoms with Gasteiger partial charge in [-0.25, -0.2) is 13.8 Å². The van der Waals surface area contributed by atoms with Gasteiger partial charge < -0.3 is 10.3 Å². The zero-order valence-electron chi connectivity index (χ0n) is 9.37. The summed E-state index contributed by atoms with van der Waals surface area (Å²) in [7, 11) is 1.75. The van der Waals surface area contributed by atoms with Gasteiger partial charge in [0.1, 0.15) is 17.5 Å². The Hall–Kier alpha value is -1.75. The van der Waals surface area contributed by atoms with Crippen LogP contribution in [-0.2, 0) is 6.42 Å². The van der Waals surface area contributed by atoms with Gasteiger partial charge >= 0.3 is 0 Å². The maximum atomic E-state index is 13.1. The Kier molecular flexibility index (Phi) is 3.49. The van der Waals surface area contributed by atoms with Gasteiger partial charge in [0.15, 0.2) is 0 Å². The van der Waals surface area contributed by atoms with E-state index in [4.69, 9.17) is 0 Å². The zero-order valence-corrected chi connectivity index (χ0v) is 9.37. The molecule has 1 unspecified atom stereocenters. The topological polar surface area (TPSA) is 40.7 Å². The highest BCUT2D eigenvalue weighted by Crippen LogP contribution is 2.18. The molecule has 2 N–H and O–H groups in total. The molecule has 0 saturated heterocycles. The third kappa shape index (κ3) is 2.88. The number of aromatic nitrogens is 2. The molecule has 0 aliphatic rings. The lowest BCUT2D eigenvalue weighted by molar-refractivity contribution is 0.545. The summed E-state index contributed by atoms with van der Waals surface area (Å²) in [5.74, 6) is -0.367. The molecule has 1 aromatic carbocycles. The standard InChI is InChI=1S/C12H13F2N3/c1-15-11(7-12-16-2-3-17-12)8-4-9(13)6-10(14)5-8/h2-6,11,15H,7H2,1H3,(H,16,17). The molecule has 0 spiro atoms. The lowest BCUT2D eigenvalue weighted by Gasteiger charge is -2.15. The molecule has 17 heavy (non-hydrogen) atoms. The maximum absolute atomic E-state index is 13.1. The first-order valence-corrected chi connectivity index (χ1v) is 5.30. The number of benzene rings is 1. The molecular weight excluding hydrogens is 224 g/mol. The monoisotopic (exact) mass is 237 g/mol. The lowest BCUT2D eigenvalue weighted by atomic mass is 10.0. The van der Waals surface area contributed by atoms with Gasteiger partial charge in [-0.2, -0.15) is 0 Å². The Labute approximate surface area is 97.9 Å². The van der Waals surface area contributed by atoms with E-state index in [1.165, 1.54) is 12.1 Å². The highest BCUT2D eigenvalue weighted by molar-refractivity contribution is 5.22. The fraction of sp³-hybridized carbons (Fsp3) is 0.250. The van der Waals surface area contributed by atoms with Crippen molar-refractivity contribution in [3.8, 4) is 0 Å². The molecule has 90 valence electrons. The first-order valence-electron chi connectivity index (χ1n) is 5.30. The Morgan fingerprint density at radius 2 is 2.00 bits per heavy atom. The summed E-state index contributed by atoms with van der Waals surface area (Å²) in [5.41, 5.74) is 0.571. The number of halogens is 2. The van der Waals surface area contributed by atoms with E-state index in [2.05, 4.69) is 15.3 Å². The van der Waals surface area contributed by atoms with Crippen LogP contribution in [-0.4, -0.2) is 17.0 Å². The van der Waals surface area contributed by atoms with Crippen molar-refractivity contribution in [1.82, 2.24) is 15.3 Å². The first-order chi connectivity index (χ1) is 8.19. The Morgan fingerprint density at radius 3 is 2.53 bits per heavy atom. The van der Waals surface area contributed by atoms with E-state index in [1.54, 1.807) is 19.4 Å². The van der Waals surface area contributed by atoms with E-state index >= 15 is 0 Å². The SMILES string of the molecule is CNC(Cc1ncc[nH]1)c1cc(F)cc(F)c1. The number of nitrogens with zero attached hydrogens (tertiary/aromatic N) is 1. The van der Waals surface area contributed by atoms with Gasteiger partial charge in [-0.15, -0.1) is 0 Å². The van der Waals surface area contributed by atoms with E-state index in [-0.39, 0.29) is 6.04 Å². The second-order valence-electron chi connectivity index (χ2n) is 3.78. The molecule has 1 aromatic heterocycles. The minimum atomic E-state index is -0.570. The highest BCUT2D eigenvalue weighted by Gasteiger charge is 2.13. The van der Waals surface area contributed by atoms with Crippen LogP contribution in [0, 0.1) is 11.6 Å². The summed E-state index contributed by atoms with van der Waals surface area (Å²) in [6.07, 6.45) is 3.91. The summed E-state index contributed by atoms with van der Waals surface area (Å²) < 4.78 is 26.2. The zero-order chi connectivity index (χ0) is 12.3. The van der Waals surface area contributed by atoms with Gasteiger partial charge in [-0.1, -0.05) is 0 Å². The van der Waals surface area contributed by atoms with Crippen molar-refractivity contribution in [2.45, 2.75) is 12.5 Å². The van der Waals surface area contributed by atoms with E-state index in [9.17, 15) is 8.78 Å². The molecule has 0 bridgehead atoms. The fourth-order valence-electron chi connectivity index (χ4n) is 1.77. The van der Waals surface area contributed by atoms with Crippen LogP contribution in [0.15, 0.2) is 30.6 Å². The molecule has 0 aliphatic heterocycles. The smallest absolute Gasteiger partial charge is 0.126 e. The Bertz CT molecular complexity index is 462. The second kappa shape index (κ2) is 5.05. The summed E-state index contributed by atoms with van der Waals surface area (Å²) >= 11 is 0. The summed E-state index contributed by atoms with van der Waals surface area (Å²) in [5, 5.41) is 3.02. The molecule has 0 aliphatic carbocycles. The first kappa shape index (κ1) is 11.7. The fourth-order valence-corrected chi connectivity index (χ4v) is 1.77. The number of H-pyrrole nitrogens is 1. The molecule has 0 radical (unpaired) electrons. The number of rotatable bonds is 4. The Balaban J connectivity index is 2.22. The van der Waals surface area contributed by atoms with E-state index in [0.29, 0.717) is 12.0 Å². The van der Waals surface area contributed by atoms with Crippen molar-refractivity contribution in [3.05, 3.63) is 53.6 Å². The molecule has 2 aromatic rings.